The Morgan fingerprint density at radius 1 is 1.29 bits per heavy atom. The van der Waals surface area contributed by atoms with Gasteiger partial charge in [-0.2, -0.15) is 0 Å². The van der Waals surface area contributed by atoms with E-state index in [1.54, 1.807) is 7.11 Å². The SMILES string of the molecule is COc1cc(C)c2nc3c(c(Cl)c2c1)CCC3. The minimum atomic E-state index is 0.844. The van der Waals surface area contributed by atoms with Crippen molar-refractivity contribution < 1.29 is 4.74 Å². The molecule has 1 aromatic heterocycles. The highest BCUT2D eigenvalue weighted by Gasteiger charge is 2.19. The van der Waals surface area contributed by atoms with Crippen LogP contribution in [0.2, 0.25) is 5.02 Å². The van der Waals surface area contributed by atoms with E-state index in [1.807, 2.05) is 12.1 Å². The Bertz CT molecular complexity index is 607. The van der Waals surface area contributed by atoms with Crippen molar-refractivity contribution >= 4 is 22.5 Å². The molecule has 0 atom stereocenters. The second-order valence-electron chi connectivity index (χ2n) is 4.55. The van der Waals surface area contributed by atoms with Gasteiger partial charge in [0.1, 0.15) is 5.75 Å². The van der Waals surface area contributed by atoms with E-state index in [0.717, 1.165) is 46.5 Å². The number of nitrogens with zero attached hydrogens (tertiary/aromatic N) is 1. The topological polar surface area (TPSA) is 22.1 Å². The van der Waals surface area contributed by atoms with Gasteiger partial charge < -0.3 is 4.74 Å². The molecule has 88 valence electrons. The van der Waals surface area contributed by atoms with E-state index in [2.05, 4.69) is 6.92 Å². The second-order valence-corrected chi connectivity index (χ2v) is 4.92. The summed E-state index contributed by atoms with van der Waals surface area (Å²) in [6.07, 6.45) is 3.26. The number of hydrogen-bond donors (Lipinski definition) is 0. The maximum absolute atomic E-state index is 6.49. The highest BCUT2D eigenvalue weighted by molar-refractivity contribution is 6.36. The Balaban J connectivity index is 2.39. The van der Waals surface area contributed by atoms with Gasteiger partial charge in [0.15, 0.2) is 0 Å². The van der Waals surface area contributed by atoms with Crippen LogP contribution in [0.5, 0.6) is 5.75 Å². The molecule has 1 aliphatic carbocycles. The van der Waals surface area contributed by atoms with Crippen molar-refractivity contribution in [2.75, 3.05) is 7.11 Å². The molecule has 3 heteroatoms. The summed E-state index contributed by atoms with van der Waals surface area (Å²) in [4.78, 5) is 4.75. The summed E-state index contributed by atoms with van der Waals surface area (Å²) in [5, 5.41) is 1.88. The largest absolute Gasteiger partial charge is 0.497 e. The van der Waals surface area contributed by atoms with Crippen LogP contribution in [0.25, 0.3) is 10.9 Å². The van der Waals surface area contributed by atoms with Gasteiger partial charge >= 0.3 is 0 Å². The Morgan fingerprint density at radius 3 is 2.88 bits per heavy atom. The molecule has 0 saturated heterocycles. The van der Waals surface area contributed by atoms with Gasteiger partial charge in [0, 0.05) is 11.1 Å². The first kappa shape index (κ1) is 10.8. The fourth-order valence-electron chi connectivity index (χ4n) is 2.57. The maximum Gasteiger partial charge on any atom is 0.119 e. The summed E-state index contributed by atoms with van der Waals surface area (Å²) < 4.78 is 5.29. The van der Waals surface area contributed by atoms with Gasteiger partial charge in [-0.15, -0.1) is 0 Å². The van der Waals surface area contributed by atoms with Crippen molar-refractivity contribution in [2.24, 2.45) is 0 Å². The van der Waals surface area contributed by atoms with Gasteiger partial charge in [-0.05, 0) is 49.4 Å². The highest BCUT2D eigenvalue weighted by atomic mass is 35.5. The number of rotatable bonds is 1. The molecule has 0 spiro atoms. The number of benzene rings is 1. The number of aryl methyl sites for hydroxylation is 2. The van der Waals surface area contributed by atoms with E-state index >= 15 is 0 Å². The number of ether oxygens (including phenoxy) is 1. The third kappa shape index (κ3) is 1.59. The number of pyridine rings is 1. The van der Waals surface area contributed by atoms with E-state index in [0.29, 0.717) is 0 Å². The average molecular weight is 248 g/mol. The van der Waals surface area contributed by atoms with Crippen molar-refractivity contribution in [3.63, 3.8) is 0 Å². The minimum absolute atomic E-state index is 0.844. The molecule has 0 N–H and O–H groups in total. The molecular weight excluding hydrogens is 234 g/mol. The molecule has 17 heavy (non-hydrogen) atoms. The van der Waals surface area contributed by atoms with E-state index < -0.39 is 0 Å². The third-order valence-corrected chi connectivity index (χ3v) is 3.88. The highest BCUT2D eigenvalue weighted by Crippen LogP contribution is 2.36. The first-order chi connectivity index (χ1) is 8.20. The first-order valence-electron chi connectivity index (χ1n) is 5.86. The van der Waals surface area contributed by atoms with Crippen LogP contribution in [-0.2, 0) is 12.8 Å². The van der Waals surface area contributed by atoms with Gasteiger partial charge in [-0.1, -0.05) is 11.6 Å². The molecule has 0 fully saturated rings. The standard InChI is InChI=1S/C14H14ClNO/c1-8-6-9(17-2)7-11-13(15)10-4-3-5-12(10)16-14(8)11/h6-7H,3-5H2,1-2H3. The third-order valence-electron chi connectivity index (χ3n) is 3.45. The van der Waals surface area contributed by atoms with Crippen LogP contribution >= 0.6 is 11.6 Å². The summed E-state index contributed by atoms with van der Waals surface area (Å²) in [5.41, 5.74) is 4.54. The van der Waals surface area contributed by atoms with Crippen LogP contribution in [0.15, 0.2) is 12.1 Å². The lowest BCUT2D eigenvalue weighted by molar-refractivity contribution is 0.415. The second kappa shape index (κ2) is 3.88. The van der Waals surface area contributed by atoms with Crippen LogP contribution in [0.1, 0.15) is 23.2 Å². The molecule has 0 aliphatic heterocycles. The van der Waals surface area contributed by atoms with Crippen molar-refractivity contribution in [1.29, 1.82) is 0 Å². The first-order valence-corrected chi connectivity index (χ1v) is 6.24. The molecule has 0 radical (unpaired) electrons. The van der Waals surface area contributed by atoms with Gasteiger partial charge in [0.05, 0.1) is 17.6 Å². The minimum Gasteiger partial charge on any atom is -0.497 e. The van der Waals surface area contributed by atoms with E-state index in [-0.39, 0.29) is 0 Å². The zero-order valence-corrected chi connectivity index (χ0v) is 10.8. The van der Waals surface area contributed by atoms with Gasteiger partial charge in [0.2, 0.25) is 0 Å². The molecule has 1 heterocycles. The molecule has 0 unspecified atom stereocenters. The number of hydrogen-bond acceptors (Lipinski definition) is 2. The quantitative estimate of drug-likeness (QED) is 0.767. The molecule has 1 aromatic carbocycles. The number of fused-ring (bicyclic) bond motifs is 2. The average Bonchev–Trinajstić information content (AvgIpc) is 2.79. The van der Waals surface area contributed by atoms with Crippen LogP contribution in [0.3, 0.4) is 0 Å². The molecule has 0 bridgehead atoms. The number of methoxy groups -OCH3 is 1. The summed E-state index contributed by atoms with van der Waals surface area (Å²) in [5.74, 6) is 0.844. The zero-order chi connectivity index (χ0) is 12.0. The lowest BCUT2D eigenvalue weighted by Gasteiger charge is -2.10. The molecule has 1 aliphatic rings. The zero-order valence-electron chi connectivity index (χ0n) is 10.0. The van der Waals surface area contributed by atoms with Crippen LogP contribution in [-0.4, -0.2) is 12.1 Å². The van der Waals surface area contributed by atoms with Crippen LogP contribution < -0.4 is 4.74 Å². The Kier molecular flexibility index (Phi) is 2.48. The Morgan fingerprint density at radius 2 is 2.12 bits per heavy atom. The summed E-state index contributed by atoms with van der Waals surface area (Å²) in [6.45, 7) is 2.05. The number of aromatic nitrogens is 1. The van der Waals surface area contributed by atoms with Crippen molar-refractivity contribution in [3.8, 4) is 5.75 Å². The fraction of sp³-hybridized carbons (Fsp3) is 0.357. The summed E-state index contributed by atoms with van der Waals surface area (Å²) >= 11 is 6.49. The Labute approximate surface area is 106 Å². The number of halogens is 1. The van der Waals surface area contributed by atoms with Gasteiger partial charge in [-0.3, -0.25) is 4.98 Å². The maximum atomic E-state index is 6.49. The monoisotopic (exact) mass is 247 g/mol. The summed E-state index contributed by atoms with van der Waals surface area (Å²) in [6, 6.07) is 3.99. The predicted molar refractivity (Wildman–Crippen MR) is 70.1 cm³/mol. The smallest absolute Gasteiger partial charge is 0.119 e. The van der Waals surface area contributed by atoms with Crippen LogP contribution in [0.4, 0.5) is 0 Å². The molecule has 0 saturated carbocycles. The molecule has 2 nitrogen and oxygen atoms in total. The van der Waals surface area contributed by atoms with E-state index in [4.69, 9.17) is 21.3 Å². The molecular formula is C14H14ClNO. The lowest BCUT2D eigenvalue weighted by atomic mass is 10.1. The lowest BCUT2D eigenvalue weighted by Crippen LogP contribution is -1.95. The molecule has 2 aromatic rings. The molecule has 0 amide bonds. The molecule has 3 rings (SSSR count). The fourth-order valence-corrected chi connectivity index (χ4v) is 2.91. The predicted octanol–water partition coefficient (Wildman–Crippen LogP) is 3.69. The van der Waals surface area contributed by atoms with Crippen LogP contribution in [0, 0.1) is 6.92 Å². The Hall–Kier alpha value is -1.28. The van der Waals surface area contributed by atoms with Crippen molar-refractivity contribution in [3.05, 3.63) is 34.0 Å². The summed E-state index contributed by atoms with van der Waals surface area (Å²) in [7, 11) is 1.68. The van der Waals surface area contributed by atoms with E-state index in [1.165, 1.54) is 11.3 Å². The van der Waals surface area contributed by atoms with Crippen molar-refractivity contribution in [2.45, 2.75) is 26.2 Å². The van der Waals surface area contributed by atoms with Gasteiger partial charge in [-0.25, -0.2) is 0 Å². The normalized spacial score (nSPS) is 14.1. The van der Waals surface area contributed by atoms with E-state index in [9.17, 15) is 0 Å². The van der Waals surface area contributed by atoms with Crippen molar-refractivity contribution in [1.82, 2.24) is 4.98 Å². The van der Waals surface area contributed by atoms with Gasteiger partial charge in [0.25, 0.3) is 0 Å².